The van der Waals surface area contributed by atoms with E-state index in [1.807, 2.05) is 28.0 Å². The molecule has 2 saturated heterocycles. The molecule has 0 radical (unpaired) electrons. The molecule has 0 saturated carbocycles. The zero-order chi connectivity index (χ0) is 23.2. The maximum absolute atomic E-state index is 13.6. The predicted octanol–water partition coefficient (Wildman–Crippen LogP) is 4.30. The second kappa shape index (κ2) is 8.11. The van der Waals surface area contributed by atoms with Crippen molar-refractivity contribution in [3.05, 3.63) is 59.2 Å². The summed E-state index contributed by atoms with van der Waals surface area (Å²) in [6.45, 7) is 9.19. The Bertz CT molecular complexity index is 1120. The first-order valence-electron chi connectivity index (χ1n) is 11.7. The normalized spacial score (nSPS) is 21.3. The van der Waals surface area contributed by atoms with Gasteiger partial charge < -0.3 is 4.90 Å². The van der Waals surface area contributed by atoms with Crippen molar-refractivity contribution in [2.24, 2.45) is 5.41 Å². The number of aromatic nitrogens is 1. The molecule has 3 aliphatic heterocycles. The third-order valence-electron chi connectivity index (χ3n) is 7.69. The van der Waals surface area contributed by atoms with Crippen LogP contribution in [0.1, 0.15) is 49.9 Å². The number of anilines is 1. The summed E-state index contributed by atoms with van der Waals surface area (Å²) >= 11 is 0. The molecule has 5 rings (SSSR count). The summed E-state index contributed by atoms with van der Waals surface area (Å²) in [6, 6.07) is 10.7. The number of piperidine rings is 1. The zero-order valence-corrected chi connectivity index (χ0v) is 19.4. The van der Waals surface area contributed by atoms with Gasteiger partial charge in [-0.2, -0.15) is 5.26 Å². The summed E-state index contributed by atoms with van der Waals surface area (Å²) in [7, 11) is 0. The van der Waals surface area contributed by atoms with Gasteiger partial charge in [-0.05, 0) is 67.6 Å². The number of pyridine rings is 1. The standard InChI is InChI=1S/C26H30FN5O/c1-25(2)17-32(22-4-3-10-29-23(22)25)24(33)31-13-9-26(18-31)7-11-30(12-8-26)16-19-5-6-21(27)20(14-19)15-28/h3-6,10,14H,7-9,11-13,16-18H2,1-2H3. The Hall–Kier alpha value is -2.98. The molecule has 0 aliphatic carbocycles. The van der Waals surface area contributed by atoms with Crippen molar-refractivity contribution >= 4 is 11.7 Å². The number of hydrogen-bond donors (Lipinski definition) is 0. The number of carbonyl (C=O) groups is 1. The molecule has 7 heteroatoms. The van der Waals surface area contributed by atoms with Gasteiger partial charge in [0, 0.05) is 37.8 Å². The molecule has 0 N–H and O–H groups in total. The summed E-state index contributed by atoms with van der Waals surface area (Å²) in [4.78, 5) is 24.3. The highest BCUT2D eigenvalue weighted by atomic mass is 19.1. The Morgan fingerprint density at radius 2 is 1.91 bits per heavy atom. The van der Waals surface area contributed by atoms with Gasteiger partial charge in [-0.3, -0.25) is 14.8 Å². The maximum Gasteiger partial charge on any atom is 0.324 e. The van der Waals surface area contributed by atoms with Crippen LogP contribution >= 0.6 is 0 Å². The smallest absolute Gasteiger partial charge is 0.324 e. The molecule has 0 atom stereocenters. The van der Waals surface area contributed by atoms with E-state index in [9.17, 15) is 9.18 Å². The first-order valence-corrected chi connectivity index (χ1v) is 11.7. The highest BCUT2D eigenvalue weighted by Crippen LogP contribution is 2.43. The number of amides is 2. The highest BCUT2D eigenvalue weighted by molar-refractivity contribution is 5.94. The van der Waals surface area contributed by atoms with Gasteiger partial charge in [0.25, 0.3) is 0 Å². The van der Waals surface area contributed by atoms with Crippen molar-refractivity contribution in [1.29, 1.82) is 5.26 Å². The number of likely N-dealkylation sites (tertiary alicyclic amines) is 2. The number of urea groups is 1. The Morgan fingerprint density at radius 3 is 2.67 bits per heavy atom. The summed E-state index contributed by atoms with van der Waals surface area (Å²) in [6.07, 6.45) is 4.94. The fraction of sp³-hybridized carbons (Fsp3) is 0.500. The number of hydrogen-bond acceptors (Lipinski definition) is 4. The second-order valence-corrected chi connectivity index (χ2v) is 10.5. The van der Waals surface area contributed by atoms with Gasteiger partial charge in [-0.15, -0.1) is 0 Å². The number of carbonyl (C=O) groups excluding carboxylic acids is 1. The molecule has 33 heavy (non-hydrogen) atoms. The summed E-state index contributed by atoms with van der Waals surface area (Å²) in [5.74, 6) is -0.464. The number of nitrogens with zero attached hydrogens (tertiary/aromatic N) is 5. The van der Waals surface area contributed by atoms with Gasteiger partial charge >= 0.3 is 6.03 Å². The number of nitriles is 1. The predicted molar refractivity (Wildman–Crippen MR) is 124 cm³/mol. The van der Waals surface area contributed by atoms with Crippen LogP contribution in [0.4, 0.5) is 14.9 Å². The van der Waals surface area contributed by atoms with Crippen LogP contribution in [0.3, 0.4) is 0 Å². The van der Waals surface area contributed by atoms with Crippen molar-refractivity contribution in [3.63, 3.8) is 0 Å². The molecule has 2 amide bonds. The average molecular weight is 448 g/mol. The van der Waals surface area contributed by atoms with E-state index in [0.717, 1.165) is 68.9 Å². The molecule has 0 bridgehead atoms. The minimum Gasteiger partial charge on any atom is -0.324 e. The van der Waals surface area contributed by atoms with E-state index in [2.05, 4.69) is 23.7 Å². The van der Waals surface area contributed by atoms with Gasteiger partial charge in [0.15, 0.2) is 0 Å². The number of rotatable bonds is 2. The molecule has 4 heterocycles. The van der Waals surface area contributed by atoms with Crippen molar-refractivity contribution in [3.8, 4) is 6.07 Å². The monoisotopic (exact) mass is 447 g/mol. The fourth-order valence-corrected chi connectivity index (χ4v) is 5.74. The summed E-state index contributed by atoms with van der Waals surface area (Å²) in [5, 5.41) is 9.08. The van der Waals surface area contributed by atoms with Gasteiger partial charge in [0.05, 0.1) is 16.9 Å². The van der Waals surface area contributed by atoms with Crippen LogP contribution in [0.2, 0.25) is 0 Å². The molecule has 1 spiro atoms. The largest absolute Gasteiger partial charge is 0.324 e. The third kappa shape index (κ3) is 3.97. The van der Waals surface area contributed by atoms with Crippen LogP contribution in [0.5, 0.6) is 0 Å². The van der Waals surface area contributed by atoms with E-state index in [0.29, 0.717) is 6.54 Å². The average Bonchev–Trinajstić information content (AvgIpc) is 3.35. The lowest BCUT2D eigenvalue weighted by Gasteiger charge is -2.39. The Balaban J connectivity index is 1.21. The summed E-state index contributed by atoms with van der Waals surface area (Å²) < 4.78 is 13.6. The quantitative estimate of drug-likeness (QED) is 0.689. The van der Waals surface area contributed by atoms with E-state index in [1.54, 1.807) is 18.3 Å². The Labute approximate surface area is 194 Å². The Morgan fingerprint density at radius 1 is 1.15 bits per heavy atom. The van der Waals surface area contributed by atoms with Crippen LogP contribution in [-0.2, 0) is 12.0 Å². The first kappa shape index (κ1) is 21.8. The van der Waals surface area contributed by atoms with Gasteiger partial charge in [0.2, 0.25) is 0 Å². The number of benzene rings is 1. The SMILES string of the molecule is CC1(C)CN(C(=O)N2CCC3(CCN(Cc4ccc(F)c(C#N)c4)CC3)C2)c2cccnc21. The van der Waals surface area contributed by atoms with Crippen molar-refractivity contribution in [2.45, 2.75) is 45.1 Å². The molecule has 1 aromatic carbocycles. The van der Waals surface area contributed by atoms with Crippen LogP contribution in [0.25, 0.3) is 0 Å². The molecular weight excluding hydrogens is 417 g/mol. The zero-order valence-electron chi connectivity index (χ0n) is 19.4. The van der Waals surface area contributed by atoms with E-state index in [1.165, 1.54) is 6.07 Å². The summed E-state index contributed by atoms with van der Waals surface area (Å²) in [5.41, 5.74) is 3.06. The van der Waals surface area contributed by atoms with Gasteiger partial charge in [-0.1, -0.05) is 19.9 Å². The Kier molecular flexibility index (Phi) is 5.37. The topological polar surface area (TPSA) is 63.5 Å². The van der Waals surface area contributed by atoms with E-state index < -0.39 is 5.82 Å². The van der Waals surface area contributed by atoms with E-state index in [-0.39, 0.29) is 22.4 Å². The third-order valence-corrected chi connectivity index (χ3v) is 7.69. The second-order valence-electron chi connectivity index (χ2n) is 10.5. The first-order chi connectivity index (χ1) is 15.8. The number of halogens is 1. The molecular formula is C26H30FN5O. The van der Waals surface area contributed by atoms with Crippen molar-refractivity contribution < 1.29 is 9.18 Å². The van der Waals surface area contributed by atoms with Crippen LogP contribution in [-0.4, -0.2) is 53.5 Å². The van der Waals surface area contributed by atoms with Gasteiger partial charge in [0.1, 0.15) is 11.9 Å². The van der Waals surface area contributed by atoms with Crippen LogP contribution in [0.15, 0.2) is 36.5 Å². The molecule has 1 aromatic heterocycles. The minimum absolute atomic E-state index is 0.101. The number of fused-ring (bicyclic) bond motifs is 1. The fourth-order valence-electron chi connectivity index (χ4n) is 5.74. The molecule has 172 valence electrons. The molecule has 2 fully saturated rings. The molecule has 6 nitrogen and oxygen atoms in total. The lowest BCUT2D eigenvalue weighted by Crippen LogP contribution is -2.46. The van der Waals surface area contributed by atoms with Crippen LogP contribution in [0, 0.1) is 22.6 Å². The molecule has 0 unspecified atom stereocenters. The highest BCUT2D eigenvalue weighted by Gasteiger charge is 2.46. The molecule has 2 aromatic rings. The van der Waals surface area contributed by atoms with E-state index >= 15 is 0 Å². The van der Waals surface area contributed by atoms with Gasteiger partial charge in [-0.25, -0.2) is 9.18 Å². The minimum atomic E-state index is -0.464. The van der Waals surface area contributed by atoms with Crippen LogP contribution < -0.4 is 4.90 Å². The maximum atomic E-state index is 13.6. The van der Waals surface area contributed by atoms with Crippen molar-refractivity contribution in [2.75, 3.05) is 37.6 Å². The van der Waals surface area contributed by atoms with E-state index in [4.69, 9.17) is 5.26 Å². The molecule has 3 aliphatic rings. The lowest BCUT2D eigenvalue weighted by atomic mass is 9.77. The van der Waals surface area contributed by atoms with Crippen molar-refractivity contribution in [1.82, 2.24) is 14.8 Å². The lowest BCUT2D eigenvalue weighted by molar-refractivity contribution is 0.105.